The van der Waals surface area contributed by atoms with Gasteiger partial charge in [-0.2, -0.15) is 4.31 Å². The lowest BCUT2D eigenvalue weighted by Gasteiger charge is -2.38. The molecule has 140 valence electrons. The molecule has 0 spiro atoms. The molecular weight excluding hydrogens is 354 g/mol. The van der Waals surface area contributed by atoms with Gasteiger partial charge in [-0.3, -0.25) is 0 Å². The predicted octanol–water partition coefficient (Wildman–Crippen LogP) is 3.35. The Kier molecular flexibility index (Phi) is 5.64. The highest BCUT2D eigenvalue weighted by molar-refractivity contribution is 7.89. The van der Waals surface area contributed by atoms with E-state index in [4.69, 9.17) is 4.43 Å². The summed E-state index contributed by atoms with van der Waals surface area (Å²) in [6.07, 6.45) is 0.901. The summed E-state index contributed by atoms with van der Waals surface area (Å²) in [5.41, 5.74) is 0.992. The Morgan fingerprint density at radius 2 is 1.76 bits per heavy atom. The van der Waals surface area contributed by atoms with E-state index in [0.29, 0.717) is 6.42 Å². The number of carbonyl (C=O) groups excluding carboxylic acids is 1. The third-order valence-electron chi connectivity index (χ3n) is 5.31. The molecule has 5 nitrogen and oxygen atoms in total. The van der Waals surface area contributed by atoms with E-state index < -0.39 is 24.4 Å². The van der Waals surface area contributed by atoms with Crippen LogP contribution in [0.2, 0.25) is 18.1 Å². The minimum Gasteiger partial charge on any atom is -0.413 e. The quantitative estimate of drug-likeness (QED) is 0.578. The van der Waals surface area contributed by atoms with Crippen molar-refractivity contribution in [3.05, 3.63) is 29.8 Å². The van der Waals surface area contributed by atoms with E-state index in [1.807, 2.05) is 6.92 Å². The lowest BCUT2D eigenvalue weighted by Crippen LogP contribution is -2.44. The van der Waals surface area contributed by atoms with Gasteiger partial charge in [0, 0.05) is 6.54 Å². The van der Waals surface area contributed by atoms with Crippen LogP contribution in [0.3, 0.4) is 0 Å². The van der Waals surface area contributed by atoms with E-state index >= 15 is 0 Å². The summed E-state index contributed by atoms with van der Waals surface area (Å²) in [5, 5.41) is 0.0347. The Labute approximate surface area is 152 Å². The van der Waals surface area contributed by atoms with E-state index in [-0.39, 0.29) is 22.6 Å². The summed E-state index contributed by atoms with van der Waals surface area (Å²) in [4.78, 5) is 11.7. The number of nitrogens with zero attached hydrogens (tertiary/aromatic N) is 1. The van der Waals surface area contributed by atoms with Crippen LogP contribution in [0.5, 0.6) is 0 Å². The highest BCUT2D eigenvalue weighted by Gasteiger charge is 2.45. The smallest absolute Gasteiger partial charge is 0.243 e. The molecule has 0 bridgehead atoms. The van der Waals surface area contributed by atoms with Crippen molar-refractivity contribution in [2.24, 2.45) is 0 Å². The first-order valence-electron chi connectivity index (χ1n) is 8.60. The van der Waals surface area contributed by atoms with Gasteiger partial charge >= 0.3 is 0 Å². The number of carbonyl (C=O) groups is 1. The summed E-state index contributed by atoms with van der Waals surface area (Å²) in [5.74, 6) is 0. The van der Waals surface area contributed by atoms with Gasteiger partial charge in [-0.15, -0.1) is 0 Å². The van der Waals surface area contributed by atoms with Crippen LogP contribution in [0.4, 0.5) is 0 Å². The van der Waals surface area contributed by atoms with Crippen molar-refractivity contribution in [3.63, 3.8) is 0 Å². The Morgan fingerprint density at radius 1 is 1.20 bits per heavy atom. The van der Waals surface area contributed by atoms with Crippen molar-refractivity contribution in [2.75, 3.05) is 6.54 Å². The van der Waals surface area contributed by atoms with Gasteiger partial charge in [0.15, 0.2) is 8.32 Å². The maximum atomic E-state index is 12.9. The van der Waals surface area contributed by atoms with Gasteiger partial charge in [-0.25, -0.2) is 8.42 Å². The number of hydrogen-bond acceptors (Lipinski definition) is 4. The predicted molar refractivity (Wildman–Crippen MR) is 102 cm³/mol. The average molecular weight is 384 g/mol. The highest BCUT2D eigenvalue weighted by atomic mass is 32.2. The molecule has 0 N–H and O–H groups in total. The Balaban J connectivity index is 2.24. The summed E-state index contributed by atoms with van der Waals surface area (Å²) in [6, 6.07) is 6.05. The van der Waals surface area contributed by atoms with Crippen molar-refractivity contribution < 1.29 is 17.6 Å². The second-order valence-electron chi connectivity index (χ2n) is 8.33. The summed E-state index contributed by atoms with van der Waals surface area (Å²) in [6.45, 7) is 12.8. The summed E-state index contributed by atoms with van der Waals surface area (Å²) in [7, 11) is -5.73. The van der Waals surface area contributed by atoms with Crippen molar-refractivity contribution >= 4 is 24.6 Å². The van der Waals surface area contributed by atoms with Gasteiger partial charge in [0.05, 0.1) is 17.0 Å². The molecule has 1 fully saturated rings. The van der Waals surface area contributed by atoms with Crippen molar-refractivity contribution in [1.29, 1.82) is 0 Å². The van der Waals surface area contributed by atoms with E-state index in [1.54, 1.807) is 24.3 Å². The minimum atomic E-state index is -3.70. The van der Waals surface area contributed by atoms with Gasteiger partial charge in [0.2, 0.25) is 10.0 Å². The van der Waals surface area contributed by atoms with E-state index in [1.165, 1.54) is 4.31 Å². The van der Waals surface area contributed by atoms with Gasteiger partial charge in [0.1, 0.15) is 6.29 Å². The van der Waals surface area contributed by atoms with Crippen LogP contribution in [0.1, 0.15) is 32.8 Å². The molecule has 0 saturated carbocycles. The average Bonchev–Trinajstić information content (AvgIpc) is 2.89. The monoisotopic (exact) mass is 383 g/mol. The van der Waals surface area contributed by atoms with Crippen molar-refractivity contribution in [1.82, 2.24) is 4.31 Å². The number of hydrogen-bond donors (Lipinski definition) is 0. The van der Waals surface area contributed by atoms with Gasteiger partial charge in [0.25, 0.3) is 0 Å². The fraction of sp³-hybridized carbons (Fsp3) is 0.611. The Bertz CT molecular complexity index is 722. The number of rotatable bonds is 5. The van der Waals surface area contributed by atoms with Crippen LogP contribution in [0.25, 0.3) is 0 Å². The van der Waals surface area contributed by atoms with Crippen LogP contribution in [0, 0.1) is 6.92 Å². The highest BCUT2D eigenvalue weighted by Crippen LogP contribution is 2.39. The number of aryl methyl sites for hydroxylation is 1. The lowest BCUT2D eigenvalue weighted by molar-refractivity contribution is -0.110. The van der Waals surface area contributed by atoms with Crippen LogP contribution < -0.4 is 0 Å². The van der Waals surface area contributed by atoms with E-state index in [0.717, 1.165) is 11.8 Å². The summed E-state index contributed by atoms with van der Waals surface area (Å²) < 4.78 is 33.5. The van der Waals surface area contributed by atoms with Crippen molar-refractivity contribution in [3.8, 4) is 0 Å². The first-order valence-corrected chi connectivity index (χ1v) is 12.9. The van der Waals surface area contributed by atoms with Crippen LogP contribution in [-0.4, -0.2) is 46.0 Å². The molecule has 0 aromatic heterocycles. The number of aldehydes is 1. The SMILES string of the molecule is Cc1ccc(S(=O)(=O)N2C[C@@H](O[Si](C)(C)C(C)(C)C)C[C@@H]2C=O)cc1. The van der Waals surface area contributed by atoms with E-state index in [9.17, 15) is 13.2 Å². The third kappa shape index (κ3) is 4.21. The maximum Gasteiger partial charge on any atom is 0.243 e. The Morgan fingerprint density at radius 3 is 2.24 bits per heavy atom. The zero-order chi connectivity index (χ0) is 19.0. The minimum absolute atomic E-state index is 0.0347. The molecule has 1 aromatic carbocycles. The molecule has 7 heteroatoms. The van der Waals surface area contributed by atoms with Crippen LogP contribution in [-0.2, 0) is 19.2 Å². The zero-order valence-electron chi connectivity index (χ0n) is 15.9. The van der Waals surface area contributed by atoms with Gasteiger partial charge in [-0.05, 0) is 43.6 Å². The molecule has 1 saturated heterocycles. The fourth-order valence-corrected chi connectivity index (χ4v) is 5.69. The van der Waals surface area contributed by atoms with E-state index in [2.05, 4.69) is 33.9 Å². The molecule has 1 heterocycles. The largest absolute Gasteiger partial charge is 0.413 e. The standard InChI is InChI=1S/C18H29NO4SSi/c1-14-7-9-17(10-8-14)24(21,22)19-12-16(11-15(19)13-20)23-25(5,6)18(2,3)4/h7-10,13,15-16H,11-12H2,1-6H3/t15-,16+/m1/s1. The number of sulfonamides is 1. The molecule has 0 radical (unpaired) electrons. The molecule has 25 heavy (non-hydrogen) atoms. The molecule has 0 amide bonds. The molecule has 2 rings (SSSR count). The van der Waals surface area contributed by atoms with Crippen molar-refractivity contribution in [2.45, 2.75) is 69.3 Å². The normalized spacial score (nSPS) is 23.0. The van der Waals surface area contributed by atoms with Crippen LogP contribution >= 0.6 is 0 Å². The molecular formula is C18H29NO4SSi. The summed E-state index contributed by atoms with van der Waals surface area (Å²) >= 11 is 0. The second-order valence-corrected chi connectivity index (χ2v) is 15.0. The first kappa shape index (κ1) is 20.3. The molecule has 2 atom stereocenters. The molecule has 1 aromatic rings. The maximum absolute atomic E-state index is 12.9. The van der Waals surface area contributed by atoms with Gasteiger partial charge < -0.3 is 9.22 Å². The number of benzene rings is 1. The first-order chi connectivity index (χ1) is 11.4. The molecule has 1 aliphatic rings. The lowest BCUT2D eigenvalue weighted by atomic mass is 10.2. The molecule has 0 aliphatic carbocycles. The topological polar surface area (TPSA) is 63.7 Å². The Hall–Kier alpha value is -1.02. The van der Waals surface area contributed by atoms with Gasteiger partial charge in [-0.1, -0.05) is 38.5 Å². The van der Waals surface area contributed by atoms with Crippen LogP contribution in [0.15, 0.2) is 29.2 Å². The second kappa shape index (κ2) is 6.94. The third-order valence-corrected chi connectivity index (χ3v) is 11.8. The molecule has 1 aliphatic heterocycles. The molecule has 0 unspecified atom stereocenters. The fourth-order valence-electron chi connectivity index (χ4n) is 2.72. The zero-order valence-corrected chi connectivity index (χ0v) is 17.8.